The van der Waals surface area contributed by atoms with Crippen LogP contribution in [0.15, 0.2) is 42.5 Å². The predicted molar refractivity (Wildman–Crippen MR) is 135 cm³/mol. The van der Waals surface area contributed by atoms with Crippen LogP contribution in [0.4, 0.5) is 0 Å². The average Bonchev–Trinajstić information content (AvgIpc) is 2.85. The molecule has 3 rings (SSSR count). The first-order chi connectivity index (χ1) is 16.1. The molecule has 0 N–H and O–H groups in total. The van der Waals surface area contributed by atoms with Gasteiger partial charge in [0.2, 0.25) is 0 Å². The maximum Gasteiger partial charge on any atom is 0.343 e. The summed E-state index contributed by atoms with van der Waals surface area (Å²) in [6.45, 7) is 4.19. The Morgan fingerprint density at radius 2 is 1.61 bits per heavy atom. The first-order valence-corrected chi connectivity index (χ1v) is 12.9. The highest BCUT2D eigenvalue weighted by molar-refractivity contribution is 5.91. The lowest BCUT2D eigenvalue weighted by Crippen LogP contribution is -2.14. The molecule has 3 nitrogen and oxygen atoms in total. The Morgan fingerprint density at radius 3 is 2.27 bits per heavy atom. The maximum absolute atomic E-state index is 12.6. The lowest BCUT2D eigenvalue weighted by Gasteiger charge is -2.29. The van der Waals surface area contributed by atoms with E-state index < -0.39 is 5.97 Å². The van der Waals surface area contributed by atoms with Gasteiger partial charge in [0.1, 0.15) is 11.8 Å². The van der Waals surface area contributed by atoms with Gasteiger partial charge in [-0.15, -0.1) is 0 Å². The van der Waals surface area contributed by atoms with Gasteiger partial charge in [0.15, 0.2) is 0 Å². The Kier molecular flexibility index (Phi) is 10.0. The van der Waals surface area contributed by atoms with Crippen molar-refractivity contribution in [2.24, 2.45) is 5.92 Å². The zero-order chi connectivity index (χ0) is 23.5. The SMILES string of the molecule is CCCCCCCCCC1CCC(c2ccc(C(=O)Oc3ccc(C)cc3C#N)cc2)CC1. The number of benzene rings is 2. The van der Waals surface area contributed by atoms with Crippen molar-refractivity contribution >= 4 is 5.97 Å². The average molecular weight is 446 g/mol. The molecular weight excluding hydrogens is 406 g/mol. The number of carbonyl (C=O) groups is 1. The summed E-state index contributed by atoms with van der Waals surface area (Å²) in [7, 11) is 0. The number of hydrogen-bond acceptors (Lipinski definition) is 3. The summed E-state index contributed by atoms with van der Waals surface area (Å²) in [5.74, 6) is 1.40. The molecule has 176 valence electrons. The molecule has 0 unspecified atom stereocenters. The van der Waals surface area contributed by atoms with Gasteiger partial charge in [-0.05, 0) is 79.8 Å². The quantitative estimate of drug-likeness (QED) is 0.198. The van der Waals surface area contributed by atoms with Crippen molar-refractivity contribution < 1.29 is 9.53 Å². The van der Waals surface area contributed by atoms with Crippen LogP contribution in [-0.2, 0) is 0 Å². The van der Waals surface area contributed by atoms with Crippen LogP contribution in [0.3, 0.4) is 0 Å². The van der Waals surface area contributed by atoms with Crippen molar-refractivity contribution in [3.05, 3.63) is 64.7 Å². The molecule has 0 atom stereocenters. The van der Waals surface area contributed by atoms with Crippen LogP contribution in [-0.4, -0.2) is 5.97 Å². The first kappa shape index (κ1) is 25.0. The lowest BCUT2D eigenvalue weighted by atomic mass is 9.77. The number of nitriles is 1. The number of nitrogens with zero attached hydrogens (tertiary/aromatic N) is 1. The van der Waals surface area contributed by atoms with Gasteiger partial charge in [0.05, 0.1) is 11.1 Å². The highest BCUT2D eigenvalue weighted by Gasteiger charge is 2.22. The third-order valence-corrected chi connectivity index (χ3v) is 7.14. The van der Waals surface area contributed by atoms with Crippen LogP contribution in [0.2, 0.25) is 0 Å². The van der Waals surface area contributed by atoms with Crippen LogP contribution in [0.5, 0.6) is 5.75 Å². The van der Waals surface area contributed by atoms with E-state index in [4.69, 9.17) is 4.74 Å². The molecule has 1 fully saturated rings. The third-order valence-electron chi connectivity index (χ3n) is 7.14. The zero-order valence-corrected chi connectivity index (χ0v) is 20.4. The Bertz CT molecular complexity index is 917. The number of unbranched alkanes of at least 4 members (excludes halogenated alkanes) is 6. The Balaban J connectivity index is 1.43. The second-order valence-corrected chi connectivity index (χ2v) is 9.75. The Hall–Kier alpha value is -2.60. The third kappa shape index (κ3) is 7.74. The summed E-state index contributed by atoms with van der Waals surface area (Å²) in [5.41, 5.74) is 3.20. The molecule has 1 aliphatic carbocycles. The molecule has 0 radical (unpaired) electrons. The van der Waals surface area contributed by atoms with E-state index in [2.05, 4.69) is 25.1 Å². The number of ether oxygens (including phenoxy) is 1. The van der Waals surface area contributed by atoms with Gasteiger partial charge in [0.25, 0.3) is 0 Å². The van der Waals surface area contributed by atoms with E-state index in [1.54, 1.807) is 12.1 Å². The number of aryl methyl sites for hydroxylation is 1. The molecule has 0 saturated heterocycles. The Morgan fingerprint density at radius 1 is 0.939 bits per heavy atom. The molecule has 0 spiro atoms. The van der Waals surface area contributed by atoms with Crippen LogP contribution in [0.1, 0.15) is 117 Å². The minimum absolute atomic E-state index is 0.316. The summed E-state index contributed by atoms with van der Waals surface area (Å²) in [6.07, 6.45) is 16.3. The minimum Gasteiger partial charge on any atom is -0.422 e. The van der Waals surface area contributed by atoms with Gasteiger partial charge in [-0.3, -0.25) is 0 Å². The number of esters is 1. The van der Waals surface area contributed by atoms with Crippen molar-refractivity contribution in [3.63, 3.8) is 0 Å². The minimum atomic E-state index is -0.416. The Labute approximate surface area is 200 Å². The maximum atomic E-state index is 12.6. The van der Waals surface area contributed by atoms with E-state index in [1.165, 1.54) is 82.6 Å². The van der Waals surface area contributed by atoms with Crippen molar-refractivity contribution in [2.75, 3.05) is 0 Å². The fourth-order valence-corrected chi connectivity index (χ4v) is 5.04. The van der Waals surface area contributed by atoms with E-state index in [1.807, 2.05) is 25.1 Å². The van der Waals surface area contributed by atoms with E-state index in [-0.39, 0.29) is 0 Å². The second kappa shape index (κ2) is 13.2. The molecule has 0 heterocycles. The number of carbonyl (C=O) groups excluding carboxylic acids is 1. The fourth-order valence-electron chi connectivity index (χ4n) is 5.04. The molecule has 2 aromatic carbocycles. The summed E-state index contributed by atoms with van der Waals surface area (Å²) in [4.78, 5) is 12.6. The molecule has 0 amide bonds. The van der Waals surface area contributed by atoms with Gasteiger partial charge in [-0.25, -0.2) is 4.79 Å². The van der Waals surface area contributed by atoms with Crippen molar-refractivity contribution in [3.8, 4) is 11.8 Å². The van der Waals surface area contributed by atoms with Crippen LogP contribution in [0.25, 0.3) is 0 Å². The van der Waals surface area contributed by atoms with Gasteiger partial charge in [-0.2, -0.15) is 5.26 Å². The molecule has 3 heteroatoms. The molecule has 33 heavy (non-hydrogen) atoms. The monoisotopic (exact) mass is 445 g/mol. The molecular formula is C30H39NO2. The van der Waals surface area contributed by atoms with Gasteiger partial charge in [-0.1, -0.05) is 76.5 Å². The van der Waals surface area contributed by atoms with Crippen LogP contribution >= 0.6 is 0 Å². The smallest absolute Gasteiger partial charge is 0.343 e. The van der Waals surface area contributed by atoms with Gasteiger partial charge in [0, 0.05) is 0 Å². The number of rotatable bonds is 11. The standard InChI is InChI=1S/C30H39NO2/c1-3-4-5-6-7-8-9-10-24-12-14-25(15-13-24)26-16-18-27(19-17-26)30(32)33-29-20-11-23(2)21-28(29)22-31/h11,16-21,24-25H,3-10,12-15H2,1-2H3. The molecule has 0 aromatic heterocycles. The summed E-state index contributed by atoms with van der Waals surface area (Å²) >= 11 is 0. The first-order valence-electron chi connectivity index (χ1n) is 12.9. The molecule has 0 aliphatic heterocycles. The van der Waals surface area contributed by atoms with E-state index in [0.717, 1.165) is 11.5 Å². The second-order valence-electron chi connectivity index (χ2n) is 9.75. The van der Waals surface area contributed by atoms with Gasteiger partial charge < -0.3 is 4.74 Å². The lowest BCUT2D eigenvalue weighted by molar-refractivity contribution is 0.0734. The molecule has 1 saturated carbocycles. The molecule has 0 bridgehead atoms. The summed E-state index contributed by atoms with van der Waals surface area (Å²) < 4.78 is 5.49. The fraction of sp³-hybridized carbons (Fsp3) is 0.533. The highest BCUT2D eigenvalue weighted by Crippen LogP contribution is 2.38. The van der Waals surface area contributed by atoms with E-state index in [9.17, 15) is 10.1 Å². The largest absolute Gasteiger partial charge is 0.422 e. The zero-order valence-electron chi connectivity index (χ0n) is 20.4. The molecule has 1 aliphatic rings. The summed E-state index contributed by atoms with van der Waals surface area (Å²) in [6, 6.07) is 15.2. The molecule has 2 aromatic rings. The topological polar surface area (TPSA) is 50.1 Å². The predicted octanol–water partition coefficient (Wildman–Crippen LogP) is 8.50. The summed E-state index contributed by atoms with van der Waals surface area (Å²) in [5, 5.41) is 9.28. The highest BCUT2D eigenvalue weighted by atomic mass is 16.5. The van der Waals surface area contributed by atoms with E-state index >= 15 is 0 Å². The van der Waals surface area contributed by atoms with Crippen LogP contribution in [0, 0.1) is 24.2 Å². The van der Waals surface area contributed by atoms with Crippen molar-refractivity contribution in [2.45, 2.75) is 96.8 Å². The van der Waals surface area contributed by atoms with Crippen molar-refractivity contribution in [1.82, 2.24) is 0 Å². The van der Waals surface area contributed by atoms with Crippen LogP contribution < -0.4 is 4.74 Å². The van der Waals surface area contributed by atoms with Gasteiger partial charge >= 0.3 is 5.97 Å². The number of hydrogen-bond donors (Lipinski definition) is 0. The van der Waals surface area contributed by atoms with Crippen molar-refractivity contribution in [1.29, 1.82) is 5.26 Å². The normalized spacial score (nSPS) is 18.0. The van der Waals surface area contributed by atoms with E-state index in [0.29, 0.717) is 22.8 Å².